The van der Waals surface area contributed by atoms with Crippen molar-refractivity contribution in [1.29, 1.82) is 0 Å². The summed E-state index contributed by atoms with van der Waals surface area (Å²) in [4.78, 5) is 10.7. The summed E-state index contributed by atoms with van der Waals surface area (Å²) in [5.74, 6) is 1.30. The Labute approximate surface area is 52.8 Å². The Morgan fingerprint density at radius 1 is 1.88 bits per heavy atom. The SMILES string of the molecule is NCC1SCCC1=O. The largest absolute Gasteiger partial charge is 0.329 e. The fourth-order valence-corrected chi connectivity index (χ4v) is 1.80. The van der Waals surface area contributed by atoms with Gasteiger partial charge in [0.15, 0.2) is 0 Å². The Morgan fingerprint density at radius 3 is 2.88 bits per heavy atom. The second-order valence-corrected chi connectivity index (χ2v) is 3.12. The van der Waals surface area contributed by atoms with Crippen molar-refractivity contribution in [2.45, 2.75) is 11.7 Å². The van der Waals surface area contributed by atoms with E-state index < -0.39 is 0 Å². The van der Waals surface area contributed by atoms with E-state index in [2.05, 4.69) is 0 Å². The lowest BCUT2D eigenvalue weighted by atomic mass is 10.2. The molecule has 0 aliphatic carbocycles. The zero-order valence-corrected chi connectivity index (χ0v) is 5.41. The number of thioether (sulfide) groups is 1. The Morgan fingerprint density at radius 2 is 2.62 bits per heavy atom. The van der Waals surface area contributed by atoms with Crippen LogP contribution in [0.5, 0.6) is 0 Å². The molecule has 0 saturated carbocycles. The number of hydrogen-bond acceptors (Lipinski definition) is 3. The molecule has 1 unspecified atom stereocenters. The van der Waals surface area contributed by atoms with E-state index in [-0.39, 0.29) is 5.25 Å². The van der Waals surface area contributed by atoms with Gasteiger partial charge in [0.2, 0.25) is 0 Å². The zero-order valence-electron chi connectivity index (χ0n) is 4.59. The van der Waals surface area contributed by atoms with Gasteiger partial charge in [-0.3, -0.25) is 4.79 Å². The smallest absolute Gasteiger partial charge is 0.147 e. The molecule has 1 rings (SSSR count). The van der Waals surface area contributed by atoms with Crippen molar-refractivity contribution in [3.8, 4) is 0 Å². The maximum atomic E-state index is 10.7. The van der Waals surface area contributed by atoms with Crippen LogP contribution in [0.1, 0.15) is 6.42 Å². The van der Waals surface area contributed by atoms with Crippen LogP contribution in [0.25, 0.3) is 0 Å². The van der Waals surface area contributed by atoms with E-state index in [4.69, 9.17) is 5.73 Å². The summed E-state index contributed by atoms with van der Waals surface area (Å²) in [6, 6.07) is 0. The van der Waals surface area contributed by atoms with Crippen LogP contribution < -0.4 is 5.73 Å². The molecule has 46 valence electrons. The van der Waals surface area contributed by atoms with Crippen molar-refractivity contribution in [3.63, 3.8) is 0 Å². The lowest BCUT2D eigenvalue weighted by Crippen LogP contribution is -2.21. The quantitative estimate of drug-likeness (QED) is 0.545. The number of nitrogens with two attached hydrogens (primary N) is 1. The molecule has 0 aromatic carbocycles. The van der Waals surface area contributed by atoms with Crippen molar-refractivity contribution < 1.29 is 4.79 Å². The van der Waals surface area contributed by atoms with Gasteiger partial charge in [-0.15, -0.1) is 11.8 Å². The molecule has 2 N–H and O–H groups in total. The molecule has 0 aromatic rings. The van der Waals surface area contributed by atoms with E-state index in [0.717, 1.165) is 12.2 Å². The van der Waals surface area contributed by atoms with Crippen molar-refractivity contribution in [3.05, 3.63) is 0 Å². The van der Waals surface area contributed by atoms with E-state index in [0.29, 0.717) is 12.3 Å². The molecule has 0 aromatic heterocycles. The highest BCUT2D eigenvalue weighted by atomic mass is 32.2. The van der Waals surface area contributed by atoms with Crippen LogP contribution in [0, 0.1) is 0 Å². The first kappa shape index (κ1) is 6.11. The van der Waals surface area contributed by atoms with Crippen LogP contribution in [-0.4, -0.2) is 23.3 Å². The molecule has 1 aliphatic heterocycles. The van der Waals surface area contributed by atoms with Crippen molar-refractivity contribution in [2.24, 2.45) is 5.73 Å². The van der Waals surface area contributed by atoms with Gasteiger partial charge in [-0.2, -0.15) is 0 Å². The van der Waals surface area contributed by atoms with Crippen molar-refractivity contribution >= 4 is 17.5 Å². The third-order valence-corrected chi connectivity index (χ3v) is 2.54. The van der Waals surface area contributed by atoms with Crippen LogP contribution in [0.3, 0.4) is 0 Å². The maximum Gasteiger partial charge on any atom is 0.147 e. The molecule has 0 radical (unpaired) electrons. The van der Waals surface area contributed by atoms with E-state index in [9.17, 15) is 4.79 Å². The van der Waals surface area contributed by atoms with Crippen LogP contribution in [0.4, 0.5) is 0 Å². The summed E-state index contributed by atoms with van der Waals surface area (Å²) in [7, 11) is 0. The molecule has 1 atom stereocenters. The average molecular weight is 131 g/mol. The number of carbonyl (C=O) groups excluding carboxylic acids is 1. The maximum absolute atomic E-state index is 10.7. The molecule has 0 spiro atoms. The summed E-state index contributed by atoms with van der Waals surface area (Å²) in [5, 5.41) is 0.120. The fraction of sp³-hybridized carbons (Fsp3) is 0.800. The van der Waals surface area contributed by atoms with Gasteiger partial charge in [-0.1, -0.05) is 0 Å². The van der Waals surface area contributed by atoms with Gasteiger partial charge in [0.05, 0.1) is 5.25 Å². The molecule has 8 heavy (non-hydrogen) atoms. The minimum absolute atomic E-state index is 0.120. The van der Waals surface area contributed by atoms with E-state index in [1.54, 1.807) is 11.8 Å². The standard InChI is InChI=1S/C5H9NOS/c6-3-5-4(7)1-2-8-5/h5H,1-3,6H2. The summed E-state index contributed by atoms with van der Waals surface area (Å²) in [6.45, 7) is 0.517. The normalized spacial score (nSPS) is 29.1. The van der Waals surface area contributed by atoms with E-state index in [1.165, 1.54) is 0 Å². The third-order valence-electron chi connectivity index (χ3n) is 1.24. The molecule has 1 saturated heterocycles. The second-order valence-electron chi connectivity index (χ2n) is 1.81. The summed E-state index contributed by atoms with van der Waals surface area (Å²) < 4.78 is 0. The first-order valence-electron chi connectivity index (χ1n) is 2.69. The lowest BCUT2D eigenvalue weighted by Gasteiger charge is -1.98. The average Bonchev–Trinajstić information content (AvgIpc) is 2.14. The van der Waals surface area contributed by atoms with Gasteiger partial charge in [-0.25, -0.2) is 0 Å². The predicted octanol–water partition coefficient (Wildman–Crippen LogP) is 0.0197. The molecule has 1 heterocycles. The molecule has 3 heteroatoms. The van der Waals surface area contributed by atoms with Crippen LogP contribution >= 0.6 is 11.8 Å². The first-order valence-corrected chi connectivity index (χ1v) is 3.74. The highest BCUT2D eigenvalue weighted by Crippen LogP contribution is 2.21. The second kappa shape index (κ2) is 2.51. The Hall–Kier alpha value is -0.0200. The molecule has 1 aliphatic rings. The summed E-state index contributed by atoms with van der Waals surface area (Å²) in [6.07, 6.45) is 0.729. The highest BCUT2D eigenvalue weighted by molar-refractivity contribution is 8.01. The summed E-state index contributed by atoms with van der Waals surface area (Å²) >= 11 is 1.68. The number of hydrogen-bond donors (Lipinski definition) is 1. The Balaban J connectivity index is 2.42. The number of ketones is 1. The van der Waals surface area contributed by atoms with E-state index in [1.807, 2.05) is 0 Å². The van der Waals surface area contributed by atoms with Crippen molar-refractivity contribution in [1.82, 2.24) is 0 Å². The minimum atomic E-state index is 0.120. The molecular formula is C5H9NOS. The lowest BCUT2D eigenvalue weighted by molar-refractivity contribution is -0.117. The fourth-order valence-electron chi connectivity index (χ4n) is 0.755. The topological polar surface area (TPSA) is 43.1 Å². The van der Waals surface area contributed by atoms with Crippen LogP contribution in [-0.2, 0) is 4.79 Å². The van der Waals surface area contributed by atoms with Gasteiger partial charge in [-0.05, 0) is 0 Å². The van der Waals surface area contributed by atoms with Crippen LogP contribution in [0.2, 0.25) is 0 Å². The zero-order chi connectivity index (χ0) is 5.98. The van der Waals surface area contributed by atoms with E-state index >= 15 is 0 Å². The number of rotatable bonds is 1. The third kappa shape index (κ3) is 1.03. The van der Waals surface area contributed by atoms with Crippen LogP contribution in [0.15, 0.2) is 0 Å². The van der Waals surface area contributed by atoms with Gasteiger partial charge in [0, 0.05) is 18.7 Å². The van der Waals surface area contributed by atoms with Gasteiger partial charge in [0.25, 0.3) is 0 Å². The molecule has 2 nitrogen and oxygen atoms in total. The Bertz CT molecular complexity index is 105. The minimum Gasteiger partial charge on any atom is -0.329 e. The van der Waals surface area contributed by atoms with Gasteiger partial charge in [0.1, 0.15) is 5.78 Å². The highest BCUT2D eigenvalue weighted by Gasteiger charge is 2.22. The molecular weight excluding hydrogens is 122 g/mol. The van der Waals surface area contributed by atoms with Gasteiger partial charge >= 0.3 is 0 Å². The number of Topliss-reactive ketones (excluding diaryl/α,β-unsaturated/α-hetero) is 1. The first-order chi connectivity index (χ1) is 3.84. The Kier molecular flexibility index (Phi) is 1.91. The molecule has 0 amide bonds. The predicted molar refractivity (Wildman–Crippen MR) is 34.9 cm³/mol. The molecule has 1 fully saturated rings. The monoisotopic (exact) mass is 131 g/mol. The van der Waals surface area contributed by atoms with Crippen molar-refractivity contribution in [2.75, 3.05) is 12.3 Å². The number of carbonyl (C=O) groups is 1. The summed E-state index contributed by atoms with van der Waals surface area (Å²) in [5.41, 5.74) is 5.28. The molecule has 0 bridgehead atoms. The van der Waals surface area contributed by atoms with Gasteiger partial charge < -0.3 is 5.73 Å².